The summed E-state index contributed by atoms with van der Waals surface area (Å²) in [7, 11) is 1.42. The van der Waals surface area contributed by atoms with E-state index < -0.39 is 11.9 Å². The summed E-state index contributed by atoms with van der Waals surface area (Å²) in [6.45, 7) is 1.63. The van der Waals surface area contributed by atoms with Gasteiger partial charge < -0.3 is 19.5 Å². The molecule has 1 N–H and O–H groups in total. The molecule has 162 valence electrons. The van der Waals surface area contributed by atoms with Crippen molar-refractivity contribution in [3.63, 3.8) is 0 Å². The number of carbonyl (C=O) groups excluding carboxylic acids is 2. The topological polar surface area (TPSA) is 97.7 Å². The van der Waals surface area contributed by atoms with Crippen LogP contribution in [0.3, 0.4) is 0 Å². The average molecular weight is 528 g/mol. The molecule has 0 aliphatic carbocycles. The molecule has 0 saturated carbocycles. The lowest BCUT2D eigenvalue weighted by Gasteiger charge is -2.13. The predicted molar refractivity (Wildman–Crippen MR) is 122 cm³/mol. The molecule has 0 unspecified atom stereocenters. The Morgan fingerprint density at radius 1 is 1.29 bits per heavy atom. The number of anilines is 1. The summed E-state index contributed by atoms with van der Waals surface area (Å²) in [4.78, 5) is 24.1. The number of methoxy groups -OCH3 is 1. The largest absolute Gasteiger partial charge is 0.493 e. The molecule has 1 amide bonds. The van der Waals surface area contributed by atoms with E-state index in [0.29, 0.717) is 15.8 Å². The molecule has 2 aromatic carbocycles. The Bertz CT molecular complexity index is 1070. The zero-order valence-corrected chi connectivity index (χ0v) is 19.6. The van der Waals surface area contributed by atoms with E-state index >= 15 is 0 Å². The molecular formula is C21H17BrCl2N2O5. The average Bonchev–Trinajstić information content (AvgIpc) is 2.74. The summed E-state index contributed by atoms with van der Waals surface area (Å²) < 4.78 is 16.1. The summed E-state index contributed by atoms with van der Waals surface area (Å²) >= 11 is 15.4. The van der Waals surface area contributed by atoms with Gasteiger partial charge in [-0.2, -0.15) is 5.26 Å². The monoisotopic (exact) mass is 526 g/mol. The van der Waals surface area contributed by atoms with Crippen molar-refractivity contribution in [2.45, 2.75) is 6.92 Å². The van der Waals surface area contributed by atoms with E-state index in [-0.39, 0.29) is 40.3 Å². The molecule has 0 bridgehead atoms. The van der Waals surface area contributed by atoms with Gasteiger partial charge in [-0.15, -0.1) is 0 Å². The summed E-state index contributed by atoms with van der Waals surface area (Å²) in [5.74, 6) is -0.616. The summed E-state index contributed by atoms with van der Waals surface area (Å²) in [6.07, 6.45) is 1.37. The number of benzene rings is 2. The number of hydrogen-bond donors (Lipinski definition) is 1. The first-order chi connectivity index (χ1) is 14.8. The van der Waals surface area contributed by atoms with Crippen molar-refractivity contribution in [3.8, 4) is 17.6 Å². The standard InChI is InChI=1S/C21H17BrCl2N2O5/c1-3-30-18(27)11-31-20-14(22)8-12(9-17(20)29-2)7-13(10-25)21(28)26-16-6-4-5-15(23)19(16)24/h4-9H,3,11H2,1-2H3,(H,26,28)/b13-7-. The van der Waals surface area contributed by atoms with Gasteiger partial charge in [0.15, 0.2) is 18.1 Å². The maximum Gasteiger partial charge on any atom is 0.344 e. The molecule has 0 radical (unpaired) electrons. The second kappa shape index (κ2) is 11.6. The Morgan fingerprint density at radius 2 is 2.03 bits per heavy atom. The molecule has 10 heteroatoms. The number of amides is 1. The molecule has 0 aromatic heterocycles. The number of halogens is 3. The predicted octanol–water partition coefficient (Wildman–Crippen LogP) is 5.25. The fraction of sp³-hybridized carbons (Fsp3) is 0.190. The summed E-state index contributed by atoms with van der Waals surface area (Å²) in [5, 5.41) is 12.4. The molecule has 2 rings (SSSR count). The van der Waals surface area contributed by atoms with Crippen molar-refractivity contribution in [2.24, 2.45) is 0 Å². The third kappa shape index (κ3) is 6.62. The van der Waals surface area contributed by atoms with E-state index in [1.165, 1.54) is 13.2 Å². The number of nitriles is 1. The van der Waals surface area contributed by atoms with E-state index in [1.54, 1.807) is 37.3 Å². The van der Waals surface area contributed by atoms with Gasteiger partial charge in [-0.05, 0) is 58.8 Å². The van der Waals surface area contributed by atoms with Gasteiger partial charge in [0.2, 0.25) is 0 Å². The van der Waals surface area contributed by atoms with Crippen LogP contribution in [0.5, 0.6) is 11.5 Å². The zero-order valence-electron chi connectivity index (χ0n) is 16.5. The van der Waals surface area contributed by atoms with Crippen LogP contribution in [0.2, 0.25) is 10.0 Å². The van der Waals surface area contributed by atoms with Gasteiger partial charge in [-0.1, -0.05) is 29.3 Å². The van der Waals surface area contributed by atoms with Crippen LogP contribution in [-0.4, -0.2) is 32.2 Å². The third-order valence-corrected chi connectivity index (χ3v) is 5.18. The minimum Gasteiger partial charge on any atom is -0.493 e. The van der Waals surface area contributed by atoms with E-state index in [4.69, 9.17) is 37.4 Å². The van der Waals surface area contributed by atoms with Crippen molar-refractivity contribution >= 4 is 62.8 Å². The van der Waals surface area contributed by atoms with Crippen LogP contribution < -0.4 is 14.8 Å². The van der Waals surface area contributed by atoms with Crippen molar-refractivity contribution in [1.82, 2.24) is 0 Å². The minimum atomic E-state index is -0.663. The van der Waals surface area contributed by atoms with Gasteiger partial charge in [0.05, 0.1) is 33.9 Å². The number of nitrogens with zero attached hydrogens (tertiary/aromatic N) is 1. The minimum absolute atomic E-state index is 0.169. The van der Waals surface area contributed by atoms with Crippen molar-refractivity contribution in [3.05, 3.63) is 56.0 Å². The fourth-order valence-corrected chi connectivity index (χ4v) is 3.32. The smallest absolute Gasteiger partial charge is 0.344 e. The van der Waals surface area contributed by atoms with Gasteiger partial charge in [0.25, 0.3) is 5.91 Å². The van der Waals surface area contributed by atoms with E-state index in [1.807, 2.05) is 6.07 Å². The number of ether oxygens (including phenoxy) is 3. The highest BCUT2D eigenvalue weighted by Crippen LogP contribution is 2.37. The van der Waals surface area contributed by atoms with E-state index in [0.717, 1.165) is 0 Å². The van der Waals surface area contributed by atoms with Crippen LogP contribution in [0.4, 0.5) is 5.69 Å². The second-order valence-corrected chi connectivity index (χ2v) is 7.49. The lowest BCUT2D eigenvalue weighted by atomic mass is 10.1. The third-order valence-electron chi connectivity index (χ3n) is 3.77. The highest BCUT2D eigenvalue weighted by Gasteiger charge is 2.16. The van der Waals surface area contributed by atoms with E-state index in [9.17, 15) is 14.9 Å². The fourth-order valence-electron chi connectivity index (χ4n) is 2.40. The lowest BCUT2D eigenvalue weighted by molar-refractivity contribution is -0.145. The Morgan fingerprint density at radius 3 is 2.68 bits per heavy atom. The zero-order chi connectivity index (χ0) is 23.0. The van der Waals surface area contributed by atoms with Crippen molar-refractivity contribution in [1.29, 1.82) is 5.26 Å². The molecule has 0 aliphatic heterocycles. The first-order valence-electron chi connectivity index (χ1n) is 8.83. The van der Waals surface area contributed by atoms with Gasteiger partial charge in [0, 0.05) is 0 Å². The van der Waals surface area contributed by atoms with Gasteiger partial charge in [-0.25, -0.2) is 4.79 Å². The highest BCUT2D eigenvalue weighted by molar-refractivity contribution is 9.10. The molecular weight excluding hydrogens is 511 g/mol. The van der Waals surface area contributed by atoms with E-state index in [2.05, 4.69) is 21.2 Å². The Balaban J connectivity index is 2.28. The molecule has 0 aliphatic rings. The van der Waals surface area contributed by atoms with Gasteiger partial charge in [0.1, 0.15) is 11.6 Å². The first-order valence-corrected chi connectivity index (χ1v) is 10.4. The first kappa shape index (κ1) is 24.5. The maximum absolute atomic E-state index is 12.5. The summed E-state index contributed by atoms with van der Waals surface area (Å²) in [6, 6.07) is 9.79. The molecule has 0 heterocycles. The Kier molecular flexibility index (Phi) is 9.19. The molecule has 0 spiro atoms. The number of carbonyl (C=O) groups is 2. The van der Waals surface area contributed by atoms with Crippen LogP contribution in [0.15, 0.2) is 40.4 Å². The van der Waals surface area contributed by atoms with Crippen LogP contribution in [0.1, 0.15) is 12.5 Å². The molecule has 0 saturated heterocycles. The molecule has 31 heavy (non-hydrogen) atoms. The number of hydrogen-bond acceptors (Lipinski definition) is 6. The van der Waals surface area contributed by atoms with Crippen LogP contribution in [0, 0.1) is 11.3 Å². The summed E-state index contributed by atoms with van der Waals surface area (Å²) in [5.41, 5.74) is 0.586. The SMILES string of the molecule is CCOC(=O)COc1c(Br)cc(/C=C(/C#N)C(=O)Nc2cccc(Cl)c2Cl)cc1OC. The van der Waals surface area contributed by atoms with Gasteiger partial charge in [-0.3, -0.25) is 4.79 Å². The number of nitrogens with one attached hydrogen (secondary N) is 1. The van der Waals surface area contributed by atoms with Crippen LogP contribution >= 0.6 is 39.1 Å². The molecule has 0 fully saturated rings. The van der Waals surface area contributed by atoms with Crippen LogP contribution in [0.25, 0.3) is 6.08 Å². The normalized spacial score (nSPS) is 10.8. The van der Waals surface area contributed by atoms with Crippen molar-refractivity contribution < 1.29 is 23.8 Å². The van der Waals surface area contributed by atoms with Crippen molar-refractivity contribution in [2.75, 3.05) is 25.6 Å². The van der Waals surface area contributed by atoms with Gasteiger partial charge >= 0.3 is 5.97 Å². The number of rotatable bonds is 8. The molecule has 7 nitrogen and oxygen atoms in total. The lowest BCUT2D eigenvalue weighted by Crippen LogP contribution is -2.15. The Hall–Kier alpha value is -2.73. The molecule has 2 aromatic rings. The van der Waals surface area contributed by atoms with Crippen LogP contribution in [-0.2, 0) is 14.3 Å². The molecule has 0 atom stereocenters. The quantitative estimate of drug-likeness (QED) is 0.286. The highest BCUT2D eigenvalue weighted by atomic mass is 79.9. The Labute approximate surface area is 197 Å². The number of esters is 1. The maximum atomic E-state index is 12.5. The second-order valence-electron chi connectivity index (χ2n) is 5.85.